The molecule has 0 aliphatic rings. The van der Waals surface area contributed by atoms with Gasteiger partial charge in [0.1, 0.15) is 11.5 Å². The average molecular weight is 611 g/mol. The van der Waals surface area contributed by atoms with Gasteiger partial charge in [0.25, 0.3) is 0 Å². The van der Waals surface area contributed by atoms with Crippen molar-refractivity contribution in [1.29, 1.82) is 0 Å². The van der Waals surface area contributed by atoms with E-state index in [2.05, 4.69) is 74.9 Å². The van der Waals surface area contributed by atoms with Gasteiger partial charge in [0.05, 0.1) is 0 Å². The zero-order chi connectivity index (χ0) is 27.9. The lowest BCUT2D eigenvalue weighted by Gasteiger charge is -2.13. The van der Waals surface area contributed by atoms with Gasteiger partial charge in [-0.1, -0.05) is 89.7 Å². The Hall–Kier alpha value is -1.60. The Kier molecular flexibility index (Phi) is 10.9. The Bertz CT molecular complexity index is 1330. The number of thioether (sulfide) groups is 2. The first-order valence-electron chi connectivity index (χ1n) is 15.0. The maximum Gasteiger partial charge on any atom is 0.160 e. The molecule has 0 N–H and O–H groups in total. The van der Waals surface area contributed by atoms with Gasteiger partial charge in [-0.15, -0.1) is 22.7 Å². The Balaban J connectivity index is 1.42. The lowest BCUT2D eigenvalue weighted by Crippen LogP contribution is -2.01. The second-order valence-electron chi connectivity index (χ2n) is 10.8. The standard InChI is InChI=1S/C34H42O2S4/c1-5-9-11-23(7-3)21-39-29-15-13-27(35-29)31-25-17-19-38-34(25)32(26-18-20-37-33(26)31)28-14-16-30(36-28)40-22-24(8-4)12-10-6-2/h13-20,23-24H,5-12,21-22H2,1-4H3. The molecule has 0 amide bonds. The van der Waals surface area contributed by atoms with Crippen LogP contribution in [0, 0.1) is 11.8 Å². The first-order chi connectivity index (χ1) is 19.7. The topological polar surface area (TPSA) is 26.3 Å². The number of fused-ring (bicyclic) bond motifs is 2. The van der Waals surface area contributed by atoms with Crippen LogP contribution in [0.5, 0.6) is 0 Å². The van der Waals surface area contributed by atoms with Gasteiger partial charge in [0.15, 0.2) is 10.2 Å². The molecule has 0 saturated carbocycles. The molecule has 1 aromatic carbocycles. The highest BCUT2D eigenvalue weighted by Crippen LogP contribution is 2.49. The Morgan fingerprint density at radius 2 is 1.07 bits per heavy atom. The summed E-state index contributed by atoms with van der Waals surface area (Å²) in [6.07, 6.45) is 10.3. The maximum absolute atomic E-state index is 6.51. The number of hydrogen-bond acceptors (Lipinski definition) is 6. The third-order valence-corrected chi connectivity index (χ3v) is 12.1. The summed E-state index contributed by atoms with van der Waals surface area (Å²) < 4.78 is 15.6. The Labute approximate surface area is 256 Å². The molecule has 214 valence electrons. The minimum absolute atomic E-state index is 0.755. The summed E-state index contributed by atoms with van der Waals surface area (Å²) >= 11 is 7.34. The summed E-state index contributed by atoms with van der Waals surface area (Å²) in [5.74, 6) is 5.71. The van der Waals surface area contributed by atoms with Gasteiger partial charge < -0.3 is 8.83 Å². The van der Waals surface area contributed by atoms with Gasteiger partial charge in [-0.25, -0.2) is 0 Å². The third kappa shape index (κ3) is 6.72. The van der Waals surface area contributed by atoms with E-state index in [4.69, 9.17) is 8.83 Å². The predicted octanol–water partition coefficient (Wildman–Crippen LogP) is 13.3. The van der Waals surface area contributed by atoms with Crippen LogP contribution in [-0.4, -0.2) is 11.5 Å². The maximum atomic E-state index is 6.51. The zero-order valence-corrected chi connectivity index (χ0v) is 27.6. The molecule has 0 radical (unpaired) electrons. The largest absolute Gasteiger partial charge is 0.450 e. The summed E-state index contributed by atoms with van der Waals surface area (Å²) in [6.45, 7) is 9.18. The van der Waals surface area contributed by atoms with Crippen molar-refractivity contribution in [3.8, 4) is 22.6 Å². The van der Waals surface area contributed by atoms with Gasteiger partial charge in [-0.05, 0) is 71.8 Å². The minimum Gasteiger partial charge on any atom is -0.450 e. The average Bonchev–Trinajstić information content (AvgIpc) is 3.79. The highest BCUT2D eigenvalue weighted by atomic mass is 32.2. The van der Waals surface area contributed by atoms with Crippen LogP contribution in [-0.2, 0) is 0 Å². The van der Waals surface area contributed by atoms with Crippen LogP contribution in [0.1, 0.15) is 79.1 Å². The molecule has 40 heavy (non-hydrogen) atoms. The minimum atomic E-state index is 0.755. The molecule has 0 aliphatic carbocycles. The molecule has 5 rings (SSSR count). The first kappa shape index (κ1) is 29.9. The van der Waals surface area contributed by atoms with E-state index in [-0.39, 0.29) is 0 Å². The molecule has 4 heterocycles. The number of thiophene rings is 2. The molecular formula is C34H42O2S4. The molecule has 6 heteroatoms. The van der Waals surface area contributed by atoms with E-state index in [0.717, 1.165) is 45.0 Å². The van der Waals surface area contributed by atoms with E-state index in [1.165, 1.54) is 82.7 Å². The van der Waals surface area contributed by atoms with Crippen molar-refractivity contribution >= 4 is 66.4 Å². The summed E-state index contributed by atoms with van der Waals surface area (Å²) in [7, 11) is 0. The molecule has 4 aromatic heterocycles. The lowest BCUT2D eigenvalue weighted by atomic mass is 9.99. The molecule has 0 spiro atoms. The number of hydrogen-bond donors (Lipinski definition) is 0. The lowest BCUT2D eigenvalue weighted by molar-refractivity contribution is 0.478. The van der Waals surface area contributed by atoms with Crippen molar-refractivity contribution in [2.75, 3.05) is 11.5 Å². The van der Waals surface area contributed by atoms with E-state index in [1.54, 1.807) is 22.7 Å². The molecule has 0 saturated heterocycles. The smallest absolute Gasteiger partial charge is 0.160 e. The number of furan rings is 2. The van der Waals surface area contributed by atoms with Crippen LogP contribution in [0.25, 0.3) is 42.8 Å². The second kappa shape index (κ2) is 14.5. The van der Waals surface area contributed by atoms with Crippen LogP contribution in [0.15, 0.2) is 66.2 Å². The number of rotatable bonds is 16. The van der Waals surface area contributed by atoms with Crippen LogP contribution in [0.2, 0.25) is 0 Å². The van der Waals surface area contributed by atoms with Crippen molar-refractivity contribution in [3.05, 3.63) is 47.2 Å². The quantitative estimate of drug-likeness (QED) is 0.104. The van der Waals surface area contributed by atoms with Crippen LogP contribution < -0.4 is 0 Å². The van der Waals surface area contributed by atoms with E-state index in [1.807, 2.05) is 23.5 Å². The van der Waals surface area contributed by atoms with Crippen molar-refractivity contribution < 1.29 is 8.83 Å². The summed E-state index contributed by atoms with van der Waals surface area (Å²) in [6, 6.07) is 13.2. The fraction of sp³-hybridized carbons (Fsp3) is 0.471. The van der Waals surface area contributed by atoms with Gasteiger partial charge in [-0.2, -0.15) is 0 Å². The fourth-order valence-electron chi connectivity index (χ4n) is 5.39. The Morgan fingerprint density at radius 1 is 0.625 bits per heavy atom. The van der Waals surface area contributed by atoms with Crippen molar-refractivity contribution in [1.82, 2.24) is 0 Å². The van der Waals surface area contributed by atoms with Crippen molar-refractivity contribution in [2.24, 2.45) is 11.8 Å². The van der Waals surface area contributed by atoms with Crippen LogP contribution >= 0.6 is 46.2 Å². The molecule has 0 fully saturated rings. The van der Waals surface area contributed by atoms with E-state index in [0.29, 0.717) is 0 Å². The summed E-state index contributed by atoms with van der Waals surface area (Å²) in [5, 5.41) is 8.98. The normalized spacial score (nSPS) is 13.5. The van der Waals surface area contributed by atoms with Crippen molar-refractivity contribution in [3.63, 3.8) is 0 Å². The molecular weight excluding hydrogens is 569 g/mol. The first-order valence-corrected chi connectivity index (χ1v) is 18.8. The highest BCUT2D eigenvalue weighted by Gasteiger charge is 2.22. The second-order valence-corrected chi connectivity index (χ2v) is 14.7. The molecule has 2 nitrogen and oxygen atoms in total. The molecule has 2 unspecified atom stereocenters. The summed E-state index contributed by atoms with van der Waals surface area (Å²) in [5.41, 5.74) is 2.44. The number of unbranched alkanes of at least 4 members (excludes halogenated alkanes) is 2. The predicted molar refractivity (Wildman–Crippen MR) is 181 cm³/mol. The third-order valence-electron chi connectivity index (χ3n) is 7.99. The summed E-state index contributed by atoms with van der Waals surface area (Å²) in [4.78, 5) is 0. The van der Waals surface area contributed by atoms with Gasteiger partial charge in [0, 0.05) is 42.8 Å². The molecule has 0 bridgehead atoms. The van der Waals surface area contributed by atoms with Crippen molar-refractivity contribution in [2.45, 2.75) is 89.2 Å². The molecule has 5 aromatic rings. The van der Waals surface area contributed by atoms with Crippen LogP contribution in [0.4, 0.5) is 0 Å². The highest BCUT2D eigenvalue weighted by molar-refractivity contribution is 7.99. The fourth-order valence-corrected chi connectivity index (χ4v) is 9.56. The monoisotopic (exact) mass is 610 g/mol. The SMILES string of the molecule is CCCCC(CC)CSc1ccc(-c2c3ccsc3c(-c3ccc(SCC(CC)CCCC)o3)c3ccsc23)o1. The van der Waals surface area contributed by atoms with E-state index in [9.17, 15) is 0 Å². The van der Waals surface area contributed by atoms with E-state index < -0.39 is 0 Å². The van der Waals surface area contributed by atoms with Crippen LogP contribution in [0.3, 0.4) is 0 Å². The molecule has 0 aliphatic heterocycles. The molecule has 2 atom stereocenters. The number of benzene rings is 1. The Morgan fingerprint density at radius 3 is 1.48 bits per heavy atom. The zero-order valence-electron chi connectivity index (χ0n) is 24.3. The van der Waals surface area contributed by atoms with Gasteiger partial charge in [0.2, 0.25) is 0 Å². The van der Waals surface area contributed by atoms with Gasteiger partial charge in [-0.3, -0.25) is 0 Å². The van der Waals surface area contributed by atoms with E-state index >= 15 is 0 Å². The van der Waals surface area contributed by atoms with Gasteiger partial charge >= 0.3 is 0 Å².